The van der Waals surface area contributed by atoms with Crippen molar-refractivity contribution < 1.29 is 27.4 Å². The molecule has 7 heteroatoms. The van der Waals surface area contributed by atoms with Gasteiger partial charge in [0.1, 0.15) is 0 Å². The Balaban J connectivity index is 1.81. The lowest BCUT2D eigenvalue weighted by molar-refractivity contribution is -0.258. The Hall–Kier alpha value is -2.09. The van der Waals surface area contributed by atoms with E-state index in [1.165, 1.54) is 0 Å². The molecule has 0 bridgehead atoms. The summed E-state index contributed by atoms with van der Waals surface area (Å²) in [4.78, 5) is 0.301. The van der Waals surface area contributed by atoms with Crippen LogP contribution in [-0.2, 0) is 24.7 Å². The standard InChI is InChI=1S/C21H24O6S/c1-24-18-9-8-16(14-19(18)25-2)20(10-11-21(20)26-12-13-27-21)15-28(22,23)17-6-4-3-5-7-17/h3-9,14H,10-13,15H2,1-2H3/t20-/m1/s1. The molecule has 2 fully saturated rings. The van der Waals surface area contributed by atoms with Crippen molar-refractivity contribution in [3.05, 3.63) is 54.1 Å². The summed E-state index contributed by atoms with van der Waals surface area (Å²) in [6.45, 7) is 0.918. The maximum Gasteiger partial charge on any atom is 0.179 e. The van der Waals surface area contributed by atoms with Crippen molar-refractivity contribution in [2.45, 2.75) is 28.9 Å². The Labute approximate surface area is 165 Å². The molecule has 1 aliphatic carbocycles. The van der Waals surface area contributed by atoms with Crippen LogP contribution in [0.1, 0.15) is 18.4 Å². The second-order valence-corrected chi connectivity index (χ2v) is 9.16. The van der Waals surface area contributed by atoms with Crippen molar-refractivity contribution in [3.63, 3.8) is 0 Å². The van der Waals surface area contributed by atoms with Crippen LogP contribution in [0.25, 0.3) is 0 Å². The van der Waals surface area contributed by atoms with Gasteiger partial charge in [-0.1, -0.05) is 24.3 Å². The van der Waals surface area contributed by atoms with E-state index < -0.39 is 21.0 Å². The molecule has 0 unspecified atom stereocenters. The minimum Gasteiger partial charge on any atom is -0.493 e. The van der Waals surface area contributed by atoms with Crippen LogP contribution in [0.5, 0.6) is 11.5 Å². The molecule has 2 aromatic carbocycles. The molecule has 1 spiro atoms. The van der Waals surface area contributed by atoms with Gasteiger partial charge >= 0.3 is 0 Å². The Morgan fingerprint density at radius 2 is 1.61 bits per heavy atom. The smallest absolute Gasteiger partial charge is 0.179 e. The molecule has 0 radical (unpaired) electrons. The number of hydrogen-bond acceptors (Lipinski definition) is 6. The van der Waals surface area contributed by atoms with Gasteiger partial charge in [-0.15, -0.1) is 0 Å². The zero-order valence-electron chi connectivity index (χ0n) is 16.0. The van der Waals surface area contributed by atoms with Gasteiger partial charge < -0.3 is 18.9 Å². The van der Waals surface area contributed by atoms with E-state index >= 15 is 0 Å². The van der Waals surface area contributed by atoms with Gasteiger partial charge in [-0.05, 0) is 36.2 Å². The fourth-order valence-corrected chi connectivity index (χ4v) is 6.22. The number of methoxy groups -OCH3 is 2. The van der Waals surface area contributed by atoms with E-state index in [-0.39, 0.29) is 5.75 Å². The summed E-state index contributed by atoms with van der Waals surface area (Å²) in [5.74, 6) is 0.124. The number of sulfone groups is 1. The number of rotatable bonds is 6. The zero-order valence-corrected chi connectivity index (χ0v) is 16.8. The van der Waals surface area contributed by atoms with E-state index in [0.717, 1.165) is 5.56 Å². The van der Waals surface area contributed by atoms with Gasteiger partial charge in [-0.2, -0.15) is 0 Å². The van der Waals surface area contributed by atoms with Crippen LogP contribution in [0.15, 0.2) is 53.4 Å². The molecule has 0 aromatic heterocycles. The first-order valence-electron chi connectivity index (χ1n) is 9.25. The van der Waals surface area contributed by atoms with E-state index in [2.05, 4.69) is 0 Å². The topological polar surface area (TPSA) is 71.1 Å². The van der Waals surface area contributed by atoms with Crippen LogP contribution in [-0.4, -0.2) is 47.4 Å². The first-order chi connectivity index (χ1) is 13.5. The van der Waals surface area contributed by atoms with Crippen molar-refractivity contribution in [1.82, 2.24) is 0 Å². The van der Waals surface area contributed by atoms with E-state index in [0.29, 0.717) is 42.4 Å². The molecular weight excluding hydrogens is 380 g/mol. The highest BCUT2D eigenvalue weighted by Crippen LogP contribution is 2.58. The fourth-order valence-electron chi connectivity index (χ4n) is 4.31. The number of hydrogen-bond donors (Lipinski definition) is 0. The summed E-state index contributed by atoms with van der Waals surface area (Å²) in [6, 6.07) is 14.0. The second kappa shape index (κ2) is 7.06. The zero-order chi connectivity index (χ0) is 19.8. The summed E-state index contributed by atoms with van der Waals surface area (Å²) >= 11 is 0. The highest BCUT2D eigenvalue weighted by molar-refractivity contribution is 7.91. The molecule has 28 heavy (non-hydrogen) atoms. The molecule has 1 heterocycles. The SMILES string of the molecule is COc1ccc([C@]2(CS(=O)(=O)c3ccccc3)CCC23OCCO3)cc1OC. The van der Waals surface area contributed by atoms with Gasteiger partial charge in [-0.25, -0.2) is 8.42 Å². The van der Waals surface area contributed by atoms with Gasteiger partial charge in [0, 0.05) is 6.42 Å². The lowest BCUT2D eigenvalue weighted by Gasteiger charge is -2.55. The van der Waals surface area contributed by atoms with Crippen LogP contribution >= 0.6 is 0 Å². The van der Waals surface area contributed by atoms with Gasteiger partial charge in [0.2, 0.25) is 0 Å². The van der Waals surface area contributed by atoms with Crippen LogP contribution in [0, 0.1) is 0 Å². The van der Waals surface area contributed by atoms with E-state index in [9.17, 15) is 8.42 Å². The molecule has 1 saturated carbocycles. The highest BCUT2D eigenvalue weighted by atomic mass is 32.2. The average molecular weight is 404 g/mol. The third kappa shape index (κ3) is 2.89. The molecule has 4 rings (SSSR count). The van der Waals surface area contributed by atoms with Gasteiger partial charge in [0.05, 0.1) is 43.5 Å². The molecule has 1 saturated heterocycles. The van der Waals surface area contributed by atoms with Gasteiger partial charge in [0.15, 0.2) is 27.1 Å². The number of ether oxygens (including phenoxy) is 4. The molecule has 0 amide bonds. The Morgan fingerprint density at radius 3 is 2.18 bits per heavy atom. The predicted molar refractivity (Wildman–Crippen MR) is 104 cm³/mol. The summed E-state index contributed by atoms with van der Waals surface area (Å²) < 4.78 is 49.3. The Kier molecular flexibility index (Phi) is 4.85. The van der Waals surface area contributed by atoms with Crippen LogP contribution < -0.4 is 9.47 Å². The Morgan fingerprint density at radius 1 is 0.929 bits per heavy atom. The first-order valence-corrected chi connectivity index (χ1v) is 10.9. The average Bonchev–Trinajstić information content (AvgIpc) is 3.24. The first kappa shape index (κ1) is 19.2. The van der Waals surface area contributed by atoms with Crippen molar-refractivity contribution in [2.24, 2.45) is 0 Å². The van der Waals surface area contributed by atoms with Crippen LogP contribution in [0.4, 0.5) is 0 Å². The lowest BCUT2D eigenvalue weighted by Crippen LogP contribution is -2.64. The molecule has 0 N–H and O–H groups in total. The number of benzene rings is 2. The Bertz CT molecular complexity index is 950. The normalized spacial score (nSPS) is 23.4. The fraction of sp³-hybridized carbons (Fsp3) is 0.429. The summed E-state index contributed by atoms with van der Waals surface area (Å²) in [5.41, 5.74) is 0.00960. The molecule has 2 aromatic rings. The maximum atomic E-state index is 13.3. The quantitative estimate of drug-likeness (QED) is 0.737. The monoisotopic (exact) mass is 404 g/mol. The molecule has 1 aliphatic heterocycles. The van der Waals surface area contributed by atoms with Crippen LogP contribution in [0.3, 0.4) is 0 Å². The van der Waals surface area contributed by atoms with Crippen molar-refractivity contribution >= 4 is 9.84 Å². The predicted octanol–water partition coefficient (Wildman–Crippen LogP) is 2.95. The summed E-state index contributed by atoms with van der Waals surface area (Å²) in [5, 5.41) is 0. The molecule has 1 atom stereocenters. The second-order valence-electron chi connectivity index (χ2n) is 7.17. The minimum atomic E-state index is -3.56. The summed E-state index contributed by atoms with van der Waals surface area (Å²) in [6.07, 6.45) is 1.31. The molecular formula is C21H24O6S. The van der Waals surface area contributed by atoms with Gasteiger partial charge in [0.25, 0.3) is 0 Å². The lowest BCUT2D eigenvalue weighted by atomic mass is 9.60. The van der Waals surface area contributed by atoms with Crippen molar-refractivity contribution in [3.8, 4) is 11.5 Å². The largest absolute Gasteiger partial charge is 0.493 e. The van der Waals surface area contributed by atoms with E-state index in [1.54, 1.807) is 50.6 Å². The third-order valence-electron chi connectivity index (χ3n) is 5.84. The van der Waals surface area contributed by atoms with Gasteiger partial charge in [-0.3, -0.25) is 0 Å². The molecule has 150 valence electrons. The molecule has 6 nitrogen and oxygen atoms in total. The van der Waals surface area contributed by atoms with Crippen LogP contribution in [0.2, 0.25) is 0 Å². The maximum absolute atomic E-state index is 13.3. The summed E-state index contributed by atoms with van der Waals surface area (Å²) in [7, 11) is -0.423. The third-order valence-corrected chi connectivity index (χ3v) is 7.70. The van der Waals surface area contributed by atoms with E-state index in [4.69, 9.17) is 18.9 Å². The van der Waals surface area contributed by atoms with Crippen molar-refractivity contribution in [2.75, 3.05) is 33.2 Å². The minimum absolute atomic E-state index is 0.0977. The molecule has 2 aliphatic rings. The van der Waals surface area contributed by atoms with E-state index in [1.807, 2.05) is 12.1 Å². The highest BCUT2D eigenvalue weighted by Gasteiger charge is 2.65. The van der Waals surface area contributed by atoms with Crippen molar-refractivity contribution in [1.29, 1.82) is 0 Å².